The molecule has 8 heteroatoms. The minimum atomic E-state index is -1.09. The maximum Gasteiger partial charge on any atom is 0.321 e. The molecular weight excluding hydrogens is 410 g/mol. The fraction of sp³-hybridized carbons (Fsp3) is 0.375. The van der Waals surface area contributed by atoms with Crippen LogP contribution in [0.5, 0.6) is 11.5 Å². The van der Waals surface area contributed by atoms with Crippen LogP contribution < -0.4 is 14.8 Å². The topological polar surface area (TPSA) is 89.5 Å². The molecule has 0 aromatic heterocycles. The van der Waals surface area contributed by atoms with Crippen molar-refractivity contribution >= 4 is 17.8 Å². The Kier molecular flexibility index (Phi) is 6.30. The molecule has 8 nitrogen and oxygen atoms in total. The van der Waals surface area contributed by atoms with Crippen LogP contribution in [-0.4, -0.2) is 50.1 Å². The molecule has 0 bridgehead atoms. The molecule has 0 spiro atoms. The fourth-order valence-electron chi connectivity index (χ4n) is 4.18. The van der Waals surface area contributed by atoms with Gasteiger partial charge in [0.15, 0.2) is 17.4 Å². The summed E-state index contributed by atoms with van der Waals surface area (Å²) >= 11 is 0. The van der Waals surface area contributed by atoms with E-state index in [4.69, 9.17) is 19.2 Å². The number of rotatable bonds is 5. The second-order valence-electron chi connectivity index (χ2n) is 7.67. The molecule has 0 aliphatic carbocycles. The second kappa shape index (κ2) is 9.30. The van der Waals surface area contributed by atoms with E-state index in [9.17, 15) is 9.59 Å². The maximum atomic E-state index is 13.1. The zero-order chi connectivity index (χ0) is 22.7. The van der Waals surface area contributed by atoms with Crippen molar-refractivity contribution in [2.24, 2.45) is 10.9 Å². The van der Waals surface area contributed by atoms with E-state index >= 15 is 0 Å². The number of guanidine groups is 1. The Morgan fingerprint density at radius 2 is 1.88 bits per heavy atom. The Morgan fingerprint density at radius 1 is 1.12 bits per heavy atom. The Hall–Kier alpha value is -3.55. The zero-order valence-corrected chi connectivity index (χ0v) is 18.5. The first-order chi connectivity index (χ1) is 15.5. The molecule has 1 N–H and O–H groups in total. The van der Waals surface area contributed by atoms with Crippen LogP contribution in [0.3, 0.4) is 0 Å². The molecular formula is C24H27N3O5. The van der Waals surface area contributed by atoms with Gasteiger partial charge in [-0.3, -0.25) is 14.9 Å². The molecule has 168 valence electrons. The zero-order valence-electron chi connectivity index (χ0n) is 18.5. The highest BCUT2D eigenvalue weighted by atomic mass is 16.5. The summed E-state index contributed by atoms with van der Waals surface area (Å²) in [7, 11) is 3.09. The van der Waals surface area contributed by atoms with E-state index in [1.54, 1.807) is 32.2 Å². The number of amides is 1. The van der Waals surface area contributed by atoms with Gasteiger partial charge in [-0.1, -0.05) is 30.3 Å². The minimum Gasteiger partial charge on any atom is -0.493 e. The van der Waals surface area contributed by atoms with Crippen molar-refractivity contribution in [3.8, 4) is 11.5 Å². The van der Waals surface area contributed by atoms with Gasteiger partial charge in [0.25, 0.3) is 0 Å². The van der Waals surface area contributed by atoms with Crippen LogP contribution in [0.1, 0.15) is 29.7 Å². The first kappa shape index (κ1) is 21.7. The van der Waals surface area contributed by atoms with Crippen molar-refractivity contribution in [2.45, 2.75) is 25.9 Å². The molecule has 2 aliphatic rings. The third kappa shape index (κ3) is 4.12. The van der Waals surface area contributed by atoms with E-state index in [2.05, 4.69) is 17.4 Å². The van der Waals surface area contributed by atoms with Gasteiger partial charge in [-0.05, 0) is 42.2 Å². The highest BCUT2D eigenvalue weighted by Gasteiger charge is 2.42. The molecule has 2 heterocycles. The van der Waals surface area contributed by atoms with Crippen LogP contribution in [0.2, 0.25) is 0 Å². The van der Waals surface area contributed by atoms with Gasteiger partial charge in [0, 0.05) is 13.1 Å². The first-order valence-corrected chi connectivity index (χ1v) is 10.6. The third-order valence-electron chi connectivity index (χ3n) is 5.81. The molecule has 2 aromatic rings. The lowest BCUT2D eigenvalue weighted by Gasteiger charge is -2.36. The van der Waals surface area contributed by atoms with E-state index in [1.165, 1.54) is 18.2 Å². The number of hydrogen-bond acceptors (Lipinski definition) is 7. The summed E-state index contributed by atoms with van der Waals surface area (Å²) in [6.07, 6.45) is 0.855. The lowest BCUT2D eigenvalue weighted by atomic mass is 9.91. The Bertz CT molecular complexity index is 1050. The molecule has 1 amide bonds. The number of ether oxygens (including phenoxy) is 3. The summed E-state index contributed by atoms with van der Waals surface area (Å²) in [5.41, 5.74) is 3.17. The number of aliphatic imine (C=N–C) groups is 1. The summed E-state index contributed by atoms with van der Waals surface area (Å²) < 4.78 is 15.9. The maximum absolute atomic E-state index is 13.1. The number of nitrogens with one attached hydrogen (secondary N) is 1. The third-order valence-corrected chi connectivity index (χ3v) is 5.81. The van der Waals surface area contributed by atoms with Crippen molar-refractivity contribution in [1.29, 1.82) is 0 Å². The molecule has 4 rings (SSSR count). The summed E-state index contributed by atoms with van der Waals surface area (Å²) in [6, 6.07) is 12.8. The standard InChI is InChI=1S/C24H27N3O5/c1-4-32-23(29)20-21(16-9-10-18(30-2)19(13-16)31-3)25-24(26-22(20)28)27-12-11-15-7-5-6-8-17(15)14-27/h5-10,13,20-21H,4,11-12,14H2,1-3H3,(H,25,26,28). The number of methoxy groups -OCH3 is 2. The normalized spacial score (nSPS) is 20.0. The van der Waals surface area contributed by atoms with Gasteiger partial charge in [0.2, 0.25) is 11.9 Å². The summed E-state index contributed by atoms with van der Waals surface area (Å²) in [4.78, 5) is 32.7. The van der Waals surface area contributed by atoms with Crippen molar-refractivity contribution in [2.75, 3.05) is 27.4 Å². The van der Waals surface area contributed by atoms with E-state index < -0.39 is 23.8 Å². The van der Waals surface area contributed by atoms with Gasteiger partial charge in [0.05, 0.1) is 20.8 Å². The number of benzene rings is 2. The molecule has 0 saturated heterocycles. The quantitative estimate of drug-likeness (QED) is 0.571. The first-order valence-electron chi connectivity index (χ1n) is 10.6. The van der Waals surface area contributed by atoms with E-state index in [-0.39, 0.29) is 6.61 Å². The number of carbonyl (C=O) groups is 2. The summed E-state index contributed by atoms with van der Waals surface area (Å²) in [5, 5.41) is 2.84. The van der Waals surface area contributed by atoms with Crippen LogP contribution in [0, 0.1) is 5.92 Å². The lowest BCUT2D eigenvalue weighted by molar-refractivity contribution is -0.153. The lowest BCUT2D eigenvalue weighted by Crippen LogP contribution is -2.53. The number of hydrogen-bond donors (Lipinski definition) is 1. The molecule has 2 atom stereocenters. The average Bonchev–Trinajstić information content (AvgIpc) is 2.82. The largest absolute Gasteiger partial charge is 0.493 e. The number of fused-ring (bicyclic) bond motifs is 1. The molecule has 0 saturated carbocycles. The fourth-order valence-corrected chi connectivity index (χ4v) is 4.18. The van der Waals surface area contributed by atoms with E-state index in [1.807, 2.05) is 17.0 Å². The van der Waals surface area contributed by atoms with Gasteiger partial charge < -0.3 is 19.1 Å². The number of carbonyl (C=O) groups excluding carboxylic acids is 2. The molecule has 0 fully saturated rings. The predicted octanol–water partition coefficient (Wildman–Crippen LogP) is 2.47. The highest BCUT2D eigenvalue weighted by Crippen LogP contribution is 2.36. The van der Waals surface area contributed by atoms with Gasteiger partial charge >= 0.3 is 5.97 Å². The molecule has 2 aromatic carbocycles. The van der Waals surface area contributed by atoms with Crippen LogP contribution in [-0.2, 0) is 27.3 Å². The SMILES string of the molecule is CCOC(=O)C1C(=O)NC(N2CCc3ccccc3C2)=NC1c1ccc(OC)c(OC)c1. The van der Waals surface area contributed by atoms with Gasteiger partial charge in [-0.15, -0.1) is 0 Å². The van der Waals surface area contributed by atoms with Gasteiger partial charge in [0.1, 0.15) is 6.04 Å². The average molecular weight is 437 g/mol. The van der Waals surface area contributed by atoms with Crippen LogP contribution in [0.25, 0.3) is 0 Å². The van der Waals surface area contributed by atoms with Crippen LogP contribution in [0.4, 0.5) is 0 Å². The summed E-state index contributed by atoms with van der Waals surface area (Å²) in [6.45, 7) is 3.25. The second-order valence-corrected chi connectivity index (χ2v) is 7.67. The Morgan fingerprint density at radius 3 is 2.59 bits per heavy atom. The van der Waals surface area contributed by atoms with Gasteiger partial charge in [-0.2, -0.15) is 0 Å². The van der Waals surface area contributed by atoms with Crippen LogP contribution in [0.15, 0.2) is 47.5 Å². The summed E-state index contributed by atoms with van der Waals surface area (Å²) in [5.74, 6) is -0.592. The van der Waals surface area contributed by atoms with Crippen molar-refractivity contribution < 1.29 is 23.8 Å². The van der Waals surface area contributed by atoms with E-state index in [0.29, 0.717) is 29.6 Å². The van der Waals surface area contributed by atoms with Crippen LogP contribution >= 0.6 is 0 Å². The van der Waals surface area contributed by atoms with E-state index in [0.717, 1.165) is 13.0 Å². The van der Waals surface area contributed by atoms with Crippen molar-refractivity contribution in [1.82, 2.24) is 10.2 Å². The number of nitrogens with zero attached hydrogens (tertiary/aromatic N) is 2. The monoisotopic (exact) mass is 437 g/mol. The van der Waals surface area contributed by atoms with Crippen molar-refractivity contribution in [3.05, 3.63) is 59.2 Å². The molecule has 2 aliphatic heterocycles. The van der Waals surface area contributed by atoms with Gasteiger partial charge in [-0.25, -0.2) is 4.99 Å². The Balaban J connectivity index is 1.72. The Labute approximate surface area is 187 Å². The van der Waals surface area contributed by atoms with Crippen molar-refractivity contribution in [3.63, 3.8) is 0 Å². The smallest absolute Gasteiger partial charge is 0.321 e. The predicted molar refractivity (Wildman–Crippen MR) is 119 cm³/mol. The molecule has 32 heavy (non-hydrogen) atoms. The highest BCUT2D eigenvalue weighted by molar-refractivity contribution is 6.08. The molecule has 0 radical (unpaired) electrons. The number of esters is 1. The molecule has 2 unspecified atom stereocenters. The minimum absolute atomic E-state index is 0.181.